The zero-order valence-electron chi connectivity index (χ0n) is 15.4. The van der Waals surface area contributed by atoms with E-state index in [9.17, 15) is 4.79 Å². The van der Waals surface area contributed by atoms with E-state index in [1.807, 2.05) is 23.1 Å². The van der Waals surface area contributed by atoms with Crippen molar-refractivity contribution in [2.75, 3.05) is 6.54 Å². The van der Waals surface area contributed by atoms with Crippen LogP contribution in [0.25, 0.3) is 5.78 Å². The van der Waals surface area contributed by atoms with Crippen LogP contribution in [0.2, 0.25) is 0 Å². The highest BCUT2D eigenvalue weighted by Crippen LogP contribution is 2.34. The molecule has 1 amide bonds. The summed E-state index contributed by atoms with van der Waals surface area (Å²) >= 11 is 0. The molecule has 0 saturated carbocycles. The number of carbonyl (C=O) groups excluding carboxylic acids is 1. The fourth-order valence-corrected chi connectivity index (χ4v) is 3.80. The fraction of sp³-hybridized carbons (Fsp3) is 0.400. The Morgan fingerprint density at radius 2 is 2.08 bits per heavy atom. The zero-order chi connectivity index (χ0) is 18.3. The Morgan fingerprint density at radius 1 is 1.27 bits per heavy atom. The number of likely N-dealkylation sites (tertiary alicyclic amines) is 1. The number of fused-ring (bicyclic) bond motifs is 1. The van der Waals surface area contributed by atoms with Gasteiger partial charge in [-0.2, -0.15) is 10.1 Å². The number of carbonyl (C=O) groups is 1. The van der Waals surface area contributed by atoms with E-state index >= 15 is 0 Å². The molecule has 1 atom stereocenters. The van der Waals surface area contributed by atoms with Crippen LogP contribution in [0.1, 0.15) is 66.0 Å². The lowest BCUT2D eigenvalue weighted by atomic mass is 9.99. The molecule has 0 spiro atoms. The molecular weight excluding hydrogens is 326 g/mol. The number of hydrogen-bond donors (Lipinski definition) is 0. The van der Waals surface area contributed by atoms with E-state index < -0.39 is 0 Å². The molecule has 1 aromatic carbocycles. The third kappa shape index (κ3) is 2.75. The lowest BCUT2D eigenvalue weighted by molar-refractivity contribution is 0.0729. The van der Waals surface area contributed by atoms with E-state index in [4.69, 9.17) is 0 Å². The van der Waals surface area contributed by atoms with Crippen molar-refractivity contribution in [3.05, 3.63) is 59.2 Å². The van der Waals surface area contributed by atoms with Crippen LogP contribution in [-0.2, 0) is 0 Å². The van der Waals surface area contributed by atoms with Gasteiger partial charge in [0, 0.05) is 6.54 Å². The maximum atomic E-state index is 13.3. The second-order valence-corrected chi connectivity index (χ2v) is 7.21. The van der Waals surface area contributed by atoms with Crippen molar-refractivity contribution in [2.45, 2.75) is 45.6 Å². The van der Waals surface area contributed by atoms with Gasteiger partial charge < -0.3 is 4.90 Å². The summed E-state index contributed by atoms with van der Waals surface area (Å²) < 4.78 is 1.71. The van der Waals surface area contributed by atoms with Crippen LogP contribution < -0.4 is 0 Å². The summed E-state index contributed by atoms with van der Waals surface area (Å²) in [6.07, 6.45) is 3.48. The number of rotatable bonds is 3. The Morgan fingerprint density at radius 3 is 2.85 bits per heavy atom. The third-order valence-electron chi connectivity index (χ3n) is 5.15. The Balaban J connectivity index is 1.73. The number of nitrogens with zero attached hydrogens (tertiary/aromatic N) is 5. The van der Waals surface area contributed by atoms with Crippen LogP contribution >= 0.6 is 0 Å². The standard InChI is InChI=1S/C20H23N5O/c1-13(2)18-11-16(23-20-21-12-22-25(18)20)19(26)24-10-6-9-17(24)15-8-5-4-7-14(15)3/h4-5,7-8,11-13,17H,6,9-10H2,1-3H3/t17-/m0/s1. The minimum absolute atomic E-state index is 0.0249. The van der Waals surface area contributed by atoms with Crippen LogP contribution in [0.3, 0.4) is 0 Å². The zero-order valence-corrected chi connectivity index (χ0v) is 15.4. The lowest BCUT2D eigenvalue weighted by Crippen LogP contribution is -2.32. The molecule has 6 nitrogen and oxygen atoms in total. The Labute approximate surface area is 152 Å². The van der Waals surface area contributed by atoms with E-state index in [1.54, 1.807) is 4.52 Å². The summed E-state index contributed by atoms with van der Waals surface area (Å²) in [5, 5.41) is 4.23. The average molecular weight is 349 g/mol. The number of aromatic nitrogens is 4. The number of benzene rings is 1. The molecule has 1 fully saturated rings. The first kappa shape index (κ1) is 16.7. The summed E-state index contributed by atoms with van der Waals surface area (Å²) in [6.45, 7) is 7.02. The quantitative estimate of drug-likeness (QED) is 0.725. The van der Waals surface area contributed by atoms with Crippen molar-refractivity contribution in [3.8, 4) is 0 Å². The molecule has 0 unspecified atom stereocenters. The fourth-order valence-electron chi connectivity index (χ4n) is 3.80. The Bertz CT molecular complexity index is 962. The molecule has 4 rings (SSSR count). The minimum Gasteiger partial charge on any atom is -0.330 e. The summed E-state index contributed by atoms with van der Waals surface area (Å²) in [4.78, 5) is 23.9. The molecule has 1 aliphatic heterocycles. The van der Waals surface area contributed by atoms with Crippen molar-refractivity contribution in [1.82, 2.24) is 24.5 Å². The van der Waals surface area contributed by atoms with Gasteiger partial charge in [0.15, 0.2) is 0 Å². The van der Waals surface area contributed by atoms with Gasteiger partial charge in [-0.1, -0.05) is 38.1 Å². The van der Waals surface area contributed by atoms with Gasteiger partial charge >= 0.3 is 0 Å². The highest BCUT2D eigenvalue weighted by atomic mass is 16.2. The van der Waals surface area contributed by atoms with Gasteiger partial charge in [-0.05, 0) is 42.9 Å². The first-order valence-electron chi connectivity index (χ1n) is 9.13. The molecule has 0 N–H and O–H groups in total. The van der Waals surface area contributed by atoms with E-state index in [2.05, 4.69) is 48.0 Å². The molecule has 0 aliphatic carbocycles. The molecule has 2 aromatic heterocycles. The second-order valence-electron chi connectivity index (χ2n) is 7.21. The maximum Gasteiger partial charge on any atom is 0.273 e. The van der Waals surface area contributed by atoms with Crippen LogP contribution in [0.5, 0.6) is 0 Å². The summed E-state index contributed by atoms with van der Waals surface area (Å²) in [5.74, 6) is 0.675. The summed E-state index contributed by atoms with van der Waals surface area (Å²) in [7, 11) is 0. The molecule has 26 heavy (non-hydrogen) atoms. The minimum atomic E-state index is -0.0249. The Hall–Kier alpha value is -2.76. The predicted molar refractivity (Wildman–Crippen MR) is 99.1 cm³/mol. The highest BCUT2D eigenvalue weighted by molar-refractivity contribution is 5.93. The predicted octanol–water partition coefficient (Wildman–Crippen LogP) is 3.53. The van der Waals surface area contributed by atoms with Crippen LogP contribution in [0.15, 0.2) is 36.7 Å². The van der Waals surface area contributed by atoms with Gasteiger partial charge in [0.1, 0.15) is 12.0 Å². The van der Waals surface area contributed by atoms with Gasteiger partial charge in [0.2, 0.25) is 0 Å². The molecule has 1 aliphatic rings. The van der Waals surface area contributed by atoms with Crippen molar-refractivity contribution in [1.29, 1.82) is 0 Å². The van der Waals surface area contributed by atoms with Crippen LogP contribution in [-0.4, -0.2) is 36.9 Å². The maximum absolute atomic E-state index is 13.3. The van der Waals surface area contributed by atoms with Gasteiger partial charge in [0.25, 0.3) is 11.7 Å². The smallest absolute Gasteiger partial charge is 0.273 e. The van der Waals surface area contributed by atoms with Crippen LogP contribution in [0, 0.1) is 6.92 Å². The van der Waals surface area contributed by atoms with Crippen molar-refractivity contribution in [3.63, 3.8) is 0 Å². The summed E-state index contributed by atoms with van der Waals surface area (Å²) in [6, 6.07) is 10.3. The van der Waals surface area contributed by atoms with E-state index in [0.29, 0.717) is 11.5 Å². The SMILES string of the molecule is Cc1ccccc1[C@@H]1CCCN1C(=O)c1cc(C(C)C)n2ncnc2n1. The second kappa shape index (κ2) is 6.52. The molecule has 0 radical (unpaired) electrons. The number of amides is 1. The summed E-state index contributed by atoms with van der Waals surface area (Å²) in [5.41, 5.74) is 3.85. The van der Waals surface area contributed by atoms with Gasteiger partial charge in [-0.25, -0.2) is 9.50 Å². The first-order chi connectivity index (χ1) is 12.6. The monoisotopic (exact) mass is 349 g/mol. The Kier molecular flexibility index (Phi) is 4.18. The molecule has 1 saturated heterocycles. The van der Waals surface area contributed by atoms with Crippen molar-refractivity contribution in [2.24, 2.45) is 0 Å². The molecular formula is C20H23N5O. The van der Waals surface area contributed by atoms with Crippen LogP contribution in [0.4, 0.5) is 0 Å². The molecule has 134 valence electrons. The number of hydrogen-bond acceptors (Lipinski definition) is 4. The molecule has 0 bridgehead atoms. The normalized spacial score (nSPS) is 17.4. The van der Waals surface area contributed by atoms with E-state index in [1.165, 1.54) is 17.5 Å². The lowest BCUT2D eigenvalue weighted by Gasteiger charge is -2.26. The van der Waals surface area contributed by atoms with Crippen molar-refractivity contribution < 1.29 is 4.79 Å². The van der Waals surface area contributed by atoms with Crippen molar-refractivity contribution >= 4 is 11.7 Å². The molecule has 6 heteroatoms. The van der Waals surface area contributed by atoms with Gasteiger partial charge in [-0.3, -0.25) is 4.79 Å². The molecule has 3 aromatic rings. The third-order valence-corrected chi connectivity index (χ3v) is 5.15. The average Bonchev–Trinajstić information content (AvgIpc) is 3.29. The number of aryl methyl sites for hydroxylation is 1. The topological polar surface area (TPSA) is 63.4 Å². The molecule has 3 heterocycles. The first-order valence-corrected chi connectivity index (χ1v) is 9.13. The largest absolute Gasteiger partial charge is 0.330 e. The van der Waals surface area contributed by atoms with Gasteiger partial charge in [-0.15, -0.1) is 0 Å². The highest BCUT2D eigenvalue weighted by Gasteiger charge is 2.32. The van der Waals surface area contributed by atoms with E-state index in [-0.39, 0.29) is 17.9 Å². The van der Waals surface area contributed by atoms with E-state index in [0.717, 1.165) is 25.1 Å². The van der Waals surface area contributed by atoms with Gasteiger partial charge in [0.05, 0.1) is 11.7 Å².